The van der Waals surface area contributed by atoms with Crippen molar-refractivity contribution in [3.8, 4) is 0 Å². The Bertz CT molecular complexity index is 388. The first-order valence-electron chi connectivity index (χ1n) is 14.9. The maximum Gasteiger partial charge on any atom is 0.0701 e. The lowest BCUT2D eigenvalue weighted by Crippen LogP contribution is -2.15. The quantitative estimate of drug-likeness (QED) is 0.112. The van der Waals surface area contributed by atoms with E-state index in [0.29, 0.717) is 132 Å². The molecule has 39 heavy (non-hydrogen) atoms. The van der Waals surface area contributed by atoms with Crippen molar-refractivity contribution in [2.75, 3.05) is 139 Å². The van der Waals surface area contributed by atoms with Gasteiger partial charge in [0.2, 0.25) is 0 Å². The van der Waals surface area contributed by atoms with E-state index in [9.17, 15) is 0 Å². The normalized spacial score (nSPS) is 11.5. The van der Waals surface area contributed by atoms with Crippen molar-refractivity contribution in [1.29, 1.82) is 0 Å². The van der Waals surface area contributed by atoms with Crippen LogP contribution in [0.4, 0.5) is 0 Å². The largest absolute Gasteiger partial charge is 0.379 e. The molecular formula is C28H59NO10. The molecule has 236 valence electrons. The van der Waals surface area contributed by atoms with Gasteiger partial charge in [0.1, 0.15) is 0 Å². The summed E-state index contributed by atoms with van der Waals surface area (Å²) in [6.07, 6.45) is 7.70. The van der Waals surface area contributed by atoms with E-state index in [1.807, 2.05) is 0 Å². The highest BCUT2D eigenvalue weighted by Gasteiger charge is 1.96. The Kier molecular flexibility index (Phi) is 37.1. The third kappa shape index (κ3) is 37.6. The van der Waals surface area contributed by atoms with E-state index in [4.69, 9.17) is 53.1 Å². The van der Waals surface area contributed by atoms with E-state index < -0.39 is 0 Å². The third-order valence-corrected chi connectivity index (χ3v) is 5.25. The molecule has 0 aliphatic rings. The highest BCUT2D eigenvalue weighted by Crippen LogP contribution is 2.04. The second-order valence-corrected chi connectivity index (χ2v) is 8.68. The lowest BCUT2D eigenvalue weighted by molar-refractivity contribution is -0.0263. The number of ether oxygens (including phenoxy) is 10. The first kappa shape index (κ1) is 38.6. The van der Waals surface area contributed by atoms with Crippen LogP contribution in [0.5, 0.6) is 0 Å². The Hall–Kier alpha value is -0.440. The van der Waals surface area contributed by atoms with Crippen molar-refractivity contribution in [1.82, 2.24) is 0 Å². The topological polar surface area (TPSA) is 118 Å². The molecule has 0 aromatic heterocycles. The number of hydrogen-bond acceptors (Lipinski definition) is 11. The first-order chi connectivity index (χ1) is 19.4. The molecule has 0 amide bonds. The standard InChI is InChI=1S/C28H59NO10/c1-2-3-4-5-6-7-9-30-11-13-32-15-17-34-19-21-36-23-25-38-27-28-39-26-24-37-22-20-35-18-16-33-14-12-31-10-8-29/h2-29H2,1H3. The summed E-state index contributed by atoms with van der Waals surface area (Å²) < 4.78 is 54.4. The predicted octanol–water partition coefficient (Wildman–Crippen LogP) is 2.47. The van der Waals surface area contributed by atoms with Crippen molar-refractivity contribution < 1.29 is 47.4 Å². The number of hydrogen-bond donors (Lipinski definition) is 1. The Morgan fingerprint density at radius 1 is 0.282 bits per heavy atom. The van der Waals surface area contributed by atoms with E-state index in [1.54, 1.807) is 0 Å². The van der Waals surface area contributed by atoms with Gasteiger partial charge in [-0.15, -0.1) is 0 Å². The lowest BCUT2D eigenvalue weighted by atomic mass is 10.1. The summed E-state index contributed by atoms with van der Waals surface area (Å²) >= 11 is 0. The summed E-state index contributed by atoms with van der Waals surface area (Å²) in [6, 6.07) is 0. The van der Waals surface area contributed by atoms with Crippen LogP contribution < -0.4 is 5.73 Å². The van der Waals surface area contributed by atoms with Gasteiger partial charge in [-0.1, -0.05) is 39.0 Å². The second-order valence-electron chi connectivity index (χ2n) is 8.68. The minimum Gasteiger partial charge on any atom is -0.379 e. The van der Waals surface area contributed by atoms with Crippen molar-refractivity contribution in [3.05, 3.63) is 0 Å². The van der Waals surface area contributed by atoms with Gasteiger partial charge < -0.3 is 53.1 Å². The monoisotopic (exact) mass is 569 g/mol. The van der Waals surface area contributed by atoms with Crippen LogP contribution in [0.2, 0.25) is 0 Å². The highest BCUT2D eigenvalue weighted by molar-refractivity contribution is 4.44. The average Bonchev–Trinajstić information content (AvgIpc) is 2.95. The Labute approximate surface area is 237 Å². The summed E-state index contributed by atoms with van der Waals surface area (Å²) in [5.74, 6) is 0. The molecule has 0 aliphatic carbocycles. The summed E-state index contributed by atoms with van der Waals surface area (Å²) in [4.78, 5) is 0. The molecular weight excluding hydrogens is 510 g/mol. The molecule has 11 heteroatoms. The molecule has 0 saturated carbocycles. The first-order valence-corrected chi connectivity index (χ1v) is 14.9. The molecule has 0 aromatic rings. The minimum atomic E-state index is 0.527. The highest BCUT2D eigenvalue weighted by atomic mass is 16.6. The summed E-state index contributed by atoms with van der Waals surface area (Å²) in [6.45, 7) is 14.1. The van der Waals surface area contributed by atoms with Gasteiger partial charge in [-0.25, -0.2) is 0 Å². The van der Waals surface area contributed by atoms with E-state index in [1.165, 1.54) is 32.1 Å². The maximum atomic E-state index is 5.58. The molecule has 0 aromatic carbocycles. The number of nitrogens with two attached hydrogens (primary N) is 1. The van der Waals surface area contributed by atoms with Gasteiger partial charge in [-0.05, 0) is 6.42 Å². The molecule has 0 aliphatic heterocycles. The number of rotatable bonds is 36. The predicted molar refractivity (Wildman–Crippen MR) is 151 cm³/mol. The van der Waals surface area contributed by atoms with E-state index in [-0.39, 0.29) is 0 Å². The minimum absolute atomic E-state index is 0.527. The van der Waals surface area contributed by atoms with Crippen LogP contribution in [0.15, 0.2) is 0 Å². The van der Waals surface area contributed by atoms with Gasteiger partial charge in [0, 0.05) is 13.2 Å². The van der Waals surface area contributed by atoms with Crippen LogP contribution in [0.3, 0.4) is 0 Å². The van der Waals surface area contributed by atoms with Gasteiger partial charge in [-0.3, -0.25) is 0 Å². The van der Waals surface area contributed by atoms with Gasteiger partial charge in [0.05, 0.1) is 126 Å². The fraction of sp³-hybridized carbons (Fsp3) is 1.00. The summed E-state index contributed by atoms with van der Waals surface area (Å²) in [5.41, 5.74) is 5.33. The second kappa shape index (κ2) is 37.6. The third-order valence-electron chi connectivity index (χ3n) is 5.25. The molecule has 0 unspecified atom stereocenters. The maximum absolute atomic E-state index is 5.58. The van der Waals surface area contributed by atoms with Gasteiger partial charge in [-0.2, -0.15) is 0 Å². The SMILES string of the molecule is CCCCCCCCOCCOCCOCCOCCOCCOCCOCCOCCOCCOCCN. The Morgan fingerprint density at radius 2 is 0.513 bits per heavy atom. The van der Waals surface area contributed by atoms with Crippen LogP contribution in [0.1, 0.15) is 45.4 Å². The van der Waals surface area contributed by atoms with Gasteiger partial charge in [0.25, 0.3) is 0 Å². The molecule has 0 fully saturated rings. The van der Waals surface area contributed by atoms with E-state index >= 15 is 0 Å². The molecule has 0 radical (unpaired) electrons. The van der Waals surface area contributed by atoms with Crippen LogP contribution in [-0.2, 0) is 47.4 Å². The zero-order valence-corrected chi connectivity index (χ0v) is 24.8. The smallest absolute Gasteiger partial charge is 0.0701 e. The van der Waals surface area contributed by atoms with Crippen molar-refractivity contribution >= 4 is 0 Å². The van der Waals surface area contributed by atoms with Crippen LogP contribution in [0.25, 0.3) is 0 Å². The number of unbranched alkanes of at least 4 members (excludes halogenated alkanes) is 5. The Balaban J connectivity index is 3.01. The average molecular weight is 570 g/mol. The zero-order valence-electron chi connectivity index (χ0n) is 24.8. The van der Waals surface area contributed by atoms with Crippen molar-refractivity contribution in [3.63, 3.8) is 0 Å². The van der Waals surface area contributed by atoms with E-state index in [0.717, 1.165) is 13.0 Å². The lowest BCUT2D eigenvalue weighted by Gasteiger charge is -2.09. The molecule has 0 spiro atoms. The molecule has 2 N–H and O–H groups in total. The van der Waals surface area contributed by atoms with Crippen LogP contribution in [0, 0.1) is 0 Å². The van der Waals surface area contributed by atoms with E-state index in [2.05, 4.69) is 6.92 Å². The van der Waals surface area contributed by atoms with Crippen molar-refractivity contribution in [2.45, 2.75) is 45.4 Å². The Morgan fingerprint density at radius 3 is 0.795 bits per heavy atom. The zero-order chi connectivity index (χ0) is 28.2. The molecule has 0 heterocycles. The van der Waals surface area contributed by atoms with Crippen LogP contribution >= 0.6 is 0 Å². The van der Waals surface area contributed by atoms with Crippen molar-refractivity contribution in [2.24, 2.45) is 5.73 Å². The summed E-state index contributed by atoms with van der Waals surface area (Å²) in [5, 5.41) is 0. The fourth-order valence-corrected chi connectivity index (χ4v) is 3.15. The summed E-state index contributed by atoms with van der Waals surface area (Å²) in [7, 11) is 0. The molecule has 0 rings (SSSR count). The van der Waals surface area contributed by atoms with Crippen LogP contribution in [-0.4, -0.2) is 139 Å². The molecule has 0 bridgehead atoms. The molecule has 11 nitrogen and oxygen atoms in total. The molecule has 0 saturated heterocycles. The van der Waals surface area contributed by atoms with Gasteiger partial charge >= 0.3 is 0 Å². The molecule has 0 atom stereocenters. The van der Waals surface area contributed by atoms with Gasteiger partial charge in [0.15, 0.2) is 0 Å². The fourth-order valence-electron chi connectivity index (χ4n) is 3.15.